The molecule has 0 atom stereocenters. The normalized spacial score (nSPS) is 8.60. The Morgan fingerprint density at radius 1 is 1.40 bits per heavy atom. The van der Waals surface area contributed by atoms with E-state index in [0.717, 1.165) is 11.3 Å². The van der Waals surface area contributed by atoms with Crippen LogP contribution in [0.25, 0.3) is 0 Å². The van der Waals surface area contributed by atoms with Crippen molar-refractivity contribution in [1.82, 2.24) is 0 Å². The number of hydrogen-bond donors (Lipinski definition) is 1. The zero-order valence-electron chi connectivity index (χ0n) is 7.46. The van der Waals surface area contributed by atoms with Crippen LogP contribution in [0, 0.1) is 0 Å². The summed E-state index contributed by atoms with van der Waals surface area (Å²) in [5, 5.41) is 0. The average Bonchev–Trinajstić information content (AvgIpc) is 1.89. The molecule has 0 fully saturated rings. The van der Waals surface area contributed by atoms with Crippen LogP contribution in [0.3, 0.4) is 0 Å². The van der Waals surface area contributed by atoms with Gasteiger partial charge in [-0.25, -0.2) is 0 Å². The third kappa shape index (κ3) is 2.42. The van der Waals surface area contributed by atoms with Gasteiger partial charge in [0.1, 0.15) is 0 Å². The fraction of sp³-hybridized carbons (Fsp3) is 0.250. The largest absolute Gasteiger partial charge is 1.00 e. The summed E-state index contributed by atoms with van der Waals surface area (Å²) < 4.78 is 0. The Hall–Kier alpha value is 0.167. The van der Waals surface area contributed by atoms with Crippen molar-refractivity contribution in [3.05, 3.63) is 29.8 Å². The van der Waals surface area contributed by atoms with Gasteiger partial charge in [-0.2, -0.15) is 0 Å². The van der Waals surface area contributed by atoms with Gasteiger partial charge in [-0.15, -0.1) is 12.6 Å². The van der Waals surface area contributed by atoms with Crippen LogP contribution >= 0.6 is 12.6 Å². The SMILES string of the molecule is CCc1ccccc1S.[H-].[Li+]. The van der Waals surface area contributed by atoms with Crippen molar-refractivity contribution in [3.8, 4) is 0 Å². The monoisotopic (exact) mass is 146 g/mol. The van der Waals surface area contributed by atoms with Crippen molar-refractivity contribution in [2.45, 2.75) is 18.2 Å². The maximum absolute atomic E-state index is 4.28. The number of benzene rings is 1. The first-order chi connectivity index (χ1) is 4.34. The van der Waals surface area contributed by atoms with Crippen LogP contribution in [0.5, 0.6) is 0 Å². The molecule has 1 aromatic rings. The molecule has 1 rings (SSSR count). The van der Waals surface area contributed by atoms with Gasteiger partial charge in [-0.3, -0.25) is 0 Å². The molecule has 0 bridgehead atoms. The van der Waals surface area contributed by atoms with E-state index in [2.05, 4.69) is 25.6 Å². The minimum Gasteiger partial charge on any atom is -1.00 e. The molecule has 0 unspecified atom stereocenters. The minimum atomic E-state index is 0. The maximum atomic E-state index is 4.28. The molecular weight excluding hydrogens is 135 g/mol. The number of hydrogen-bond acceptors (Lipinski definition) is 1. The zero-order valence-corrected chi connectivity index (χ0v) is 7.36. The molecule has 1 aromatic carbocycles. The minimum absolute atomic E-state index is 0. The van der Waals surface area contributed by atoms with Crippen molar-refractivity contribution < 1.29 is 20.3 Å². The molecule has 0 spiro atoms. The molecule has 2 heteroatoms. The Labute approximate surface area is 81.1 Å². The van der Waals surface area contributed by atoms with E-state index in [0.29, 0.717) is 0 Å². The Morgan fingerprint density at radius 2 is 2.00 bits per heavy atom. The molecule has 0 amide bonds. The van der Waals surface area contributed by atoms with Crippen LogP contribution in [-0.4, -0.2) is 0 Å². The second kappa shape index (κ2) is 4.90. The van der Waals surface area contributed by atoms with Gasteiger partial charge in [0.15, 0.2) is 0 Å². The first kappa shape index (κ1) is 10.2. The number of rotatable bonds is 1. The number of aryl methyl sites for hydroxylation is 1. The molecule has 10 heavy (non-hydrogen) atoms. The summed E-state index contributed by atoms with van der Waals surface area (Å²) in [7, 11) is 0. The Balaban J connectivity index is 0. The fourth-order valence-electron chi connectivity index (χ4n) is 0.810. The molecule has 0 aliphatic carbocycles. The Morgan fingerprint density at radius 3 is 2.40 bits per heavy atom. The summed E-state index contributed by atoms with van der Waals surface area (Å²) in [5.41, 5.74) is 1.32. The van der Waals surface area contributed by atoms with Gasteiger partial charge in [0.25, 0.3) is 0 Å². The van der Waals surface area contributed by atoms with Crippen LogP contribution in [-0.2, 0) is 6.42 Å². The van der Waals surface area contributed by atoms with Crippen LogP contribution < -0.4 is 18.9 Å². The van der Waals surface area contributed by atoms with E-state index in [1.807, 2.05) is 18.2 Å². The van der Waals surface area contributed by atoms with E-state index in [1.165, 1.54) is 5.56 Å². The van der Waals surface area contributed by atoms with E-state index in [-0.39, 0.29) is 20.3 Å². The second-order valence-corrected chi connectivity index (χ2v) is 2.46. The summed E-state index contributed by atoms with van der Waals surface area (Å²) >= 11 is 4.28. The molecule has 0 heterocycles. The predicted molar refractivity (Wildman–Crippen MR) is 44.2 cm³/mol. The third-order valence-electron chi connectivity index (χ3n) is 1.37. The van der Waals surface area contributed by atoms with Gasteiger partial charge in [-0.1, -0.05) is 25.1 Å². The molecule has 50 valence electrons. The van der Waals surface area contributed by atoms with Gasteiger partial charge in [0, 0.05) is 4.90 Å². The van der Waals surface area contributed by atoms with E-state index in [4.69, 9.17) is 0 Å². The van der Waals surface area contributed by atoms with Crippen molar-refractivity contribution in [1.29, 1.82) is 0 Å². The summed E-state index contributed by atoms with van der Waals surface area (Å²) in [6, 6.07) is 8.16. The topological polar surface area (TPSA) is 0 Å². The number of thiol groups is 1. The van der Waals surface area contributed by atoms with E-state index in [1.54, 1.807) is 0 Å². The van der Waals surface area contributed by atoms with Crippen LogP contribution in [0.1, 0.15) is 13.9 Å². The summed E-state index contributed by atoms with van der Waals surface area (Å²) in [6.07, 6.45) is 1.07. The summed E-state index contributed by atoms with van der Waals surface area (Å²) in [6.45, 7) is 2.13. The van der Waals surface area contributed by atoms with Crippen molar-refractivity contribution in [2.75, 3.05) is 0 Å². The van der Waals surface area contributed by atoms with Gasteiger partial charge in [0.05, 0.1) is 0 Å². The summed E-state index contributed by atoms with van der Waals surface area (Å²) in [5.74, 6) is 0. The molecule has 0 nitrogen and oxygen atoms in total. The molecule has 0 saturated heterocycles. The fourth-order valence-corrected chi connectivity index (χ4v) is 1.13. The van der Waals surface area contributed by atoms with Crippen LogP contribution in [0.4, 0.5) is 0 Å². The average molecular weight is 146 g/mol. The first-order valence-electron chi connectivity index (χ1n) is 3.11. The Bertz CT molecular complexity index is 203. The van der Waals surface area contributed by atoms with Crippen molar-refractivity contribution in [2.24, 2.45) is 0 Å². The van der Waals surface area contributed by atoms with Crippen LogP contribution in [0.15, 0.2) is 29.2 Å². The van der Waals surface area contributed by atoms with E-state index in [9.17, 15) is 0 Å². The second-order valence-electron chi connectivity index (χ2n) is 1.98. The molecule has 0 aliphatic rings. The standard InChI is InChI=1S/C8H10S.Li.H/c1-2-7-5-3-4-6-8(7)9;;/h3-6,9H,2H2,1H3;;/q;+1;-1. The Kier molecular flexibility index (Phi) is 4.99. The molecule has 0 radical (unpaired) electrons. The first-order valence-corrected chi connectivity index (χ1v) is 3.56. The van der Waals surface area contributed by atoms with Gasteiger partial charge in [-0.05, 0) is 18.1 Å². The molecule has 0 saturated carbocycles. The van der Waals surface area contributed by atoms with Crippen LogP contribution in [0.2, 0.25) is 0 Å². The molecule has 0 N–H and O–H groups in total. The maximum Gasteiger partial charge on any atom is 1.00 e. The van der Waals surface area contributed by atoms with Gasteiger partial charge in [0.2, 0.25) is 0 Å². The van der Waals surface area contributed by atoms with Gasteiger partial charge >= 0.3 is 18.9 Å². The molecule has 0 aliphatic heterocycles. The third-order valence-corrected chi connectivity index (χ3v) is 1.81. The van der Waals surface area contributed by atoms with Crippen molar-refractivity contribution >= 4 is 12.6 Å². The molecule has 0 aromatic heterocycles. The van der Waals surface area contributed by atoms with Crippen molar-refractivity contribution in [3.63, 3.8) is 0 Å². The molecular formula is C8H11LiS. The predicted octanol–water partition coefficient (Wildman–Crippen LogP) is -0.346. The van der Waals surface area contributed by atoms with E-state index >= 15 is 0 Å². The van der Waals surface area contributed by atoms with Gasteiger partial charge < -0.3 is 1.43 Å². The smallest absolute Gasteiger partial charge is 1.00 e. The van der Waals surface area contributed by atoms with E-state index < -0.39 is 0 Å². The summed E-state index contributed by atoms with van der Waals surface area (Å²) in [4.78, 5) is 1.10. The zero-order chi connectivity index (χ0) is 6.69. The quantitative estimate of drug-likeness (QED) is 0.406.